The molecular weight excluding hydrogens is 336 g/mol. The van der Waals surface area contributed by atoms with Gasteiger partial charge in [-0.15, -0.1) is 0 Å². The van der Waals surface area contributed by atoms with E-state index in [-0.39, 0.29) is 12.1 Å². The van der Waals surface area contributed by atoms with Crippen molar-refractivity contribution < 1.29 is 9.53 Å². The zero-order chi connectivity index (χ0) is 18.9. The summed E-state index contributed by atoms with van der Waals surface area (Å²) in [5.41, 5.74) is 1.51. The summed E-state index contributed by atoms with van der Waals surface area (Å²) in [5, 5.41) is 6.28. The molecule has 4 heteroatoms. The zero-order valence-corrected chi connectivity index (χ0v) is 16.8. The van der Waals surface area contributed by atoms with E-state index in [1.165, 1.54) is 38.5 Å². The molecule has 2 amide bonds. The van der Waals surface area contributed by atoms with Crippen LogP contribution in [0.5, 0.6) is 5.75 Å². The minimum Gasteiger partial charge on any atom is -0.493 e. The smallest absolute Gasteiger partial charge is 0.315 e. The highest BCUT2D eigenvalue weighted by Crippen LogP contribution is 2.61. The number of para-hydroxylation sites is 1. The minimum absolute atomic E-state index is 0.0193. The maximum Gasteiger partial charge on any atom is 0.315 e. The average Bonchev–Trinajstić information content (AvgIpc) is 2.61. The van der Waals surface area contributed by atoms with E-state index in [0.717, 1.165) is 35.5 Å². The number of carbonyl (C=O) groups is 1. The Kier molecular flexibility index (Phi) is 5.34. The summed E-state index contributed by atoms with van der Waals surface area (Å²) in [4.78, 5) is 12.4. The Morgan fingerprint density at radius 2 is 1.78 bits per heavy atom. The molecule has 0 radical (unpaired) electrons. The number of aryl methyl sites for hydroxylation is 1. The van der Waals surface area contributed by atoms with Crippen LogP contribution >= 0.6 is 0 Å². The molecule has 5 rings (SSSR count). The first-order valence-corrected chi connectivity index (χ1v) is 10.8. The standard InChI is InChI=1S/C23H34N2O2/c1-16-6-3-4-7-21(16)27-9-5-8-24-22(26)25-17(2)23-13-18-10-19(14-23)12-20(11-18)15-23/h3-4,6-7,17-20H,5,8-15H2,1-2H3,(H2,24,25,26). The number of carbonyl (C=O) groups excluding carboxylic acids is 1. The van der Waals surface area contributed by atoms with Gasteiger partial charge in [0.15, 0.2) is 0 Å². The molecule has 1 unspecified atom stereocenters. The third-order valence-electron chi connectivity index (χ3n) is 7.31. The van der Waals surface area contributed by atoms with Gasteiger partial charge in [-0.25, -0.2) is 4.79 Å². The Morgan fingerprint density at radius 1 is 1.15 bits per heavy atom. The largest absolute Gasteiger partial charge is 0.493 e. The van der Waals surface area contributed by atoms with Crippen LogP contribution in [0.15, 0.2) is 24.3 Å². The third-order valence-corrected chi connectivity index (χ3v) is 7.31. The molecule has 0 aromatic heterocycles. The second-order valence-electron chi connectivity index (χ2n) is 9.37. The van der Waals surface area contributed by atoms with E-state index < -0.39 is 0 Å². The Hall–Kier alpha value is -1.71. The van der Waals surface area contributed by atoms with Crippen molar-refractivity contribution in [1.82, 2.24) is 10.6 Å². The van der Waals surface area contributed by atoms with E-state index in [1.807, 2.05) is 31.2 Å². The van der Waals surface area contributed by atoms with Crippen LogP contribution in [0, 0.1) is 30.1 Å². The van der Waals surface area contributed by atoms with E-state index in [1.54, 1.807) is 0 Å². The van der Waals surface area contributed by atoms with E-state index in [9.17, 15) is 4.79 Å². The molecule has 0 heterocycles. The molecule has 27 heavy (non-hydrogen) atoms. The van der Waals surface area contributed by atoms with Gasteiger partial charge in [0, 0.05) is 12.6 Å². The number of amides is 2. The van der Waals surface area contributed by atoms with E-state index in [2.05, 4.69) is 17.6 Å². The van der Waals surface area contributed by atoms with Crippen LogP contribution in [0.25, 0.3) is 0 Å². The van der Waals surface area contributed by atoms with Crippen molar-refractivity contribution in [3.8, 4) is 5.75 Å². The molecule has 0 aliphatic heterocycles. The van der Waals surface area contributed by atoms with Gasteiger partial charge in [0.05, 0.1) is 6.61 Å². The van der Waals surface area contributed by atoms with E-state index in [4.69, 9.17) is 4.74 Å². The zero-order valence-electron chi connectivity index (χ0n) is 16.8. The Morgan fingerprint density at radius 3 is 2.41 bits per heavy atom. The van der Waals surface area contributed by atoms with E-state index in [0.29, 0.717) is 18.6 Å². The molecule has 4 bridgehead atoms. The molecule has 4 aliphatic rings. The monoisotopic (exact) mass is 370 g/mol. The lowest BCUT2D eigenvalue weighted by molar-refractivity contribution is -0.0682. The van der Waals surface area contributed by atoms with Gasteiger partial charge in [-0.3, -0.25) is 0 Å². The molecule has 1 aromatic rings. The molecule has 4 aliphatic carbocycles. The van der Waals surface area contributed by atoms with Crippen LogP contribution in [-0.2, 0) is 0 Å². The maximum atomic E-state index is 12.4. The van der Waals surface area contributed by atoms with Crippen LogP contribution in [0.1, 0.15) is 57.4 Å². The van der Waals surface area contributed by atoms with Crippen molar-refractivity contribution in [1.29, 1.82) is 0 Å². The summed E-state index contributed by atoms with van der Waals surface area (Å²) in [6, 6.07) is 8.29. The number of ether oxygens (including phenoxy) is 1. The number of rotatable bonds is 7. The van der Waals surface area contributed by atoms with Gasteiger partial charge in [0.25, 0.3) is 0 Å². The average molecular weight is 371 g/mol. The predicted molar refractivity (Wildman–Crippen MR) is 108 cm³/mol. The first-order valence-electron chi connectivity index (χ1n) is 10.8. The van der Waals surface area contributed by atoms with Crippen molar-refractivity contribution in [2.24, 2.45) is 23.2 Å². The molecule has 2 N–H and O–H groups in total. The molecular formula is C23H34N2O2. The molecule has 0 spiro atoms. The molecule has 4 fully saturated rings. The lowest BCUT2D eigenvalue weighted by atomic mass is 9.48. The van der Waals surface area contributed by atoms with Gasteiger partial charge < -0.3 is 15.4 Å². The minimum atomic E-state index is -0.0193. The Balaban J connectivity index is 1.18. The molecule has 4 saturated carbocycles. The van der Waals surface area contributed by atoms with Gasteiger partial charge in [0.1, 0.15) is 5.75 Å². The van der Waals surface area contributed by atoms with Gasteiger partial charge in [-0.05, 0) is 93.6 Å². The number of hydrogen-bond acceptors (Lipinski definition) is 2. The van der Waals surface area contributed by atoms with Crippen LogP contribution in [0.2, 0.25) is 0 Å². The van der Waals surface area contributed by atoms with Crippen LogP contribution in [-0.4, -0.2) is 25.2 Å². The highest BCUT2D eigenvalue weighted by atomic mass is 16.5. The highest BCUT2D eigenvalue weighted by molar-refractivity contribution is 5.74. The van der Waals surface area contributed by atoms with Crippen molar-refractivity contribution in [3.63, 3.8) is 0 Å². The summed E-state index contributed by atoms with van der Waals surface area (Å²) in [7, 11) is 0. The fourth-order valence-electron chi connectivity index (χ4n) is 6.28. The van der Waals surface area contributed by atoms with Crippen molar-refractivity contribution >= 4 is 6.03 Å². The Bertz CT molecular complexity index is 637. The molecule has 0 saturated heterocycles. The van der Waals surface area contributed by atoms with Crippen LogP contribution < -0.4 is 15.4 Å². The van der Waals surface area contributed by atoms with Gasteiger partial charge >= 0.3 is 6.03 Å². The molecule has 4 nitrogen and oxygen atoms in total. The number of benzene rings is 1. The first-order chi connectivity index (χ1) is 13.0. The fourth-order valence-corrected chi connectivity index (χ4v) is 6.28. The molecule has 1 aromatic carbocycles. The molecule has 1 atom stereocenters. The number of nitrogens with one attached hydrogen (secondary N) is 2. The van der Waals surface area contributed by atoms with Crippen molar-refractivity contribution in [2.45, 2.75) is 64.8 Å². The summed E-state index contributed by atoms with van der Waals surface area (Å²) >= 11 is 0. The van der Waals surface area contributed by atoms with Crippen molar-refractivity contribution in [3.05, 3.63) is 29.8 Å². The number of urea groups is 1. The second-order valence-corrected chi connectivity index (χ2v) is 9.37. The summed E-state index contributed by atoms with van der Waals surface area (Å²) in [5.74, 6) is 3.68. The lowest BCUT2D eigenvalue weighted by Gasteiger charge is -2.59. The Labute approximate surface area is 163 Å². The van der Waals surface area contributed by atoms with Gasteiger partial charge in [-0.2, -0.15) is 0 Å². The quantitative estimate of drug-likeness (QED) is 0.685. The second kappa shape index (κ2) is 7.73. The maximum absolute atomic E-state index is 12.4. The third kappa shape index (κ3) is 4.09. The fraction of sp³-hybridized carbons (Fsp3) is 0.696. The van der Waals surface area contributed by atoms with Crippen molar-refractivity contribution in [2.75, 3.05) is 13.2 Å². The first kappa shape index (κ1) is 18.6. The number of hydrogen-bond donors (Lipinski definition) is 2. The van der Waals surface area contributed by atoms with Gasteiger partial charge in [0.2, 0.25) is 0 Å². The SMILES string of the molecule is Cc1ccccc1OCCCNC(=O)NC(C)C12CC3CC(CC(C3)C1)C2. The van der Waals surface area contributed by atoms with Crippen LogP contribution in [0.3, 0.4) is 0 Å². The molecule has 148 valence electrons. The topological polar surface area (TPSA) is 50.4 Å². The summed E-state index contributed by atoms with van der Waals surface area (Å²) in [6.07, 6.45) is 9.12. The van der Waals surface area contributed by atoms with E-state index >= 15 is 0 Å². The predicted octanol–water partition coefficient (Wildman–Crippen LogP) is 4.67. The lowest BCUT2D eigenvalue weighted by Crippen LogP contribution is -2.57. The summed E-state index contributed by atoms with van der Waals surface area (Å²) < 4.78 is 5.79. The normalized spacial score (nSPS) is 32.1. The summed E-state index contributed by atoms with van der Waals surface area (Å²) in [6.45, 7) is 5.54. The van der Waals surface area contributed by atoms with Crippen LogP contribution in [0.4, 0.5) is 4.79 Å². The highest BCUT2D eigenvalue weighted by Gasteiger charge is 2.53. The van der Waals surface area contributed by atoms with Gasteiger partial charge in [-0.1, -0.05) is 18.2 Å².